The zero-order valence-electron chi connectivity index (χ0n) is 16.8. The highest BCUT2D eigenvalue weighted by Gasteiger charge is 2.31. The highest BCUT2D eigenvalue weighted by molar-refractivity contribution is 7.21. The van der Waals surface area contributed by atoms with E-state index in [0.29, 0.717) is 32.9 Å². The number of amides is 1. The molecular formula is C23H25N3O3S. The first-order valence-corrected chi connectivity index (χ1v) is 11.2. The van der Waals surface area contributed by atoms with Gasteiger partial charge in [0.05, 0.1) is 30.8 Å². The number of morpholine rings is 2. The zero-order chi connectivity index (χ0) is 20.3. The van der Waals surface area contributed by atoms with Crippen molar-refractivity contribution in [2.75, 3.05) is 46.0 Å². The summed E-state index contributed by atoms with van der Waals surface area (Å²) in [5.74, 6) is 0.101. The molecule has 2 aliphatic heterocycles. The number of thiophene rings is 1. The zero-order valence-corrected chi connectivity index (χ0v) is 17.6. The number of rotatable bonds is 4. The SMILES string of the molecule is O=C(c1sc2ccccc2c1C1CN(Cc2ccncc2)CCO1)N1CCOCC1. The molecule has 30 heavy (non-hydrogen) atoms. The van der Waals surface area contributed by atoms with E-state index in [1.165, 1.54) is 5.56 Å². The van der Waals surface area contributed by atoms with Gasteiger partial charge in [0.25, 0.3) is 5.91 Å². The standard InChI is InChI=1S/C23H25N3O3S/c27-23(26-10-12-28-13-11-26)22-21(18-3-1-2-4-20(18)30-22)19-16-25(9-14-29-19)15-17-5-7-24-8-6-17/h1-8,19H,9-16H2. The Kier molecular flexibility index (Phi) is 5.77. The first kappa shape index (κ1) is 19.6. The summed E-state index contributed by atoms with van der Waals surface area (Å²) >= 11 is 1.59. The topological polar surface area (TPSA) is 54.9 Å². The second-order valence-corrected chi connectivity index (χ2v) is 8.75. The number of hydrogen-bond donors (Lipinski definition) is 0. The molecule has 1 amide bonds. The summed E-state index contributed by atoms with van der Waals surface area (Å²) in [6.07, 6.45) is 3.55. The molecule has 1 atom stereocenters. The lowest BCUT2D eigenvalue weighted by Gasteiger charge is -2.34. The minimum atomic E-state index is -0.114. The van der Waals surface area contributed by atoms with Gasteiger partial charge in [-0.25, -0.2) is 0 Å². The van der Waals surface area contributed by atoms with Gasteiger partial charge in [0.15, 0.2) is 0 Å². The van der Waals surface area contributed by atoms with Gasteiger partial charge in [0.1, 0.15) is 0 Å². The van der Waals surface area contributed by atoms with Crippen LogP contribution in [0.4, 0.5) is 0 Å². The van der Waals surface area contributed by atoms with Gasteiger partial charge in [-0.2, -0.15) is 0 Å². The number of benzene rings is 1. The molecule has 0 radical (unpaired) electrons. The van der Waals surface area contributed by atoms with Gasteiger partial charge < -0.3 is 14.4 Å². The first-order valence-electron chi connectivity index (χ1n) is 10.4. The molecule has 1 unspecified atom stereocenters. The van der Waals surface area contributed by atoms with E-state index in [9.17, 15) is 4.79 Å². The maximum absolute atomic E-state index is 13.4. The van der Waals surface area contributed by atoms with Gasteiger partial charge in [-0.3, -0.25) is 14.7 Å². The number of ether oxygens (including phenoxy) is 2. The van der Waals surface area contributed by atoms with Crippen molar-refractivity contribution in [2.45, 2.75) is 12.6 Å². The van der Waals surface area contributed by atoms with E-state index in [-0.39, 0.29) is 12.0 Å². The fourth-order valence-corrected chi connectivity index (χ4v) is 5.44. The van der Waals surface area contributed by atoms with Gasteiger partial charge >= 0.3 is 0 Å². The Balaban J connectivity index is 1.45. The second kappa shape index (κ2) is 8.81. The molecule has 0 N–H and O–H groups in total. The highest BCUT2D eigenvalue weighted by Crippen LogP contribution is 2.39. The number of aromatic nitrogens is 1. The molecule has 2 aliphatic rings. The lowest BCUT2D eigenvalue weighted by atomic mass is 10.0. The number of pyridine rings is 1. The van der Waals surface area contributed by atoms with Crippen molar-refractivity contribution < 1.29 is 14.3 Å². The number of carbonyl (C=O) groups excluding carboxylic acids is 1. The number of carbonyl (C=O) groups is 1. The van der Waals surface area contributed by atoms with E-state index < -0.39 is 0 Å². The van der Waals surface area contributed by atoms with E-state index >= 15 is 0 Å². The monoisotopic (exact) mass is 423 g/mol. The Morgan fingerprint density at radius 3 is 2.70 bits per heavy atom. The van der Waals surface area contributed by atoms with Crippen LogP contribution in [0.15, 0.2) is 48.8 Å². The Bertz CT molecular complexity index is 1020. The van der Waals surface area contributed by atoms with Crippen molar-refractivity contribution in [2.24, 2.45) is 0 Å². The number of hydrogen-bond acceptors (Lipinski definition) is 6. The Labute approximate surface area is 180 Å². The average Bonchev–Trinajstić information content (AvgIpc) is 3.20. The Morgan fingerprint density at radius 1 is 1.07 bits per heavy atom. The molecule has 5 rings (SSSR count). The normalized spacial score (nSPS) is 20.5. The summed E-state index contributed by atoms with van der Waals surface area (Å²) in [5.41, 5.74) is 2.29. The molecule has 6 nitrogen and oxygen atoms in total. The van der Waals surface area contributed by atoms with Crippen LogP contribution in [0.2, 0.25) is 0 Å². The van der Waals surface area contributed by atoms with Crippen molar-refractivity contribution in [1.82, 2.24) is 14.8 Å². The molecule has 7 heteroatoms. The third kappa shape index (κ3) is 3.98. The summed E-state index contributed by atoms with van der Waals surface area (Å²) in [5, 5.41) is 1.13. The smallest absolute Gasteiger partial charge is 0.264 e. The van der Waals surface area contributed by atoms with Crippen LogP contribution in [0.5, 0.6) is 0 Å². The van der Waals surface area contributed by atoms with Crippen LogP contribution in [-0.2, 0) is 16.0 Å². The van der Waals surface area contributed by atoms with Crippen molar-refractivity contribution in [3.8, 4) is 0 Å². The molecule has 156 valence electrons. The van der Waals surface area contributed by atoms with E-state index in [2.05, 4.69) is 34.1 Å². The van der Waals surface area contributed by atoms with Crippen LogP contribution in [-0.4, -0.2) is 66.7 Å². The van der Waals surface area contributed by atoms with Crippen molar-refractivity contribution in [3.05, 3.63) is 64.8 Å². The van der Waals surface area contributed by atoms with Crippen molar-refractivity contribution in [1.29, 1.82) is 0 Å². The van der Waals surface area contributed by atoms with Gasteiger partial charge in [0.2, 0.25) is 0 Å². The van der Waals surface area contributed by atoms with Gasteiger partial charge in [-0.05, 0) is 29.1 Å². The maximum Gasteiger partial charge on any atom is 0.264 e. The molecule has 1 aromatic carbocycles. The Hall–Kier alpha value is -2.32. The summed E-state index contributed by atoms with van der Waals surface area (Å²) in [6, 6.07) is 12.4. The summed E-state index contributed by atoms with van der Waals surface area (Å²) in [7, 11) is 0. The van der Waals surface area contributed by atoms with Crippen molar-refractivity contribution >= 4 is 27.3 Å². The lowest BCUT2D eigenvalue weighted by molar-refractivity contribution is -0.0325. The van der Waals surface area contributed by atoms with Crippen LogP contribution < -0.4 is 0 Å². The minimum absolute atomic E-state index is 0.101. The van der Waals surface area contributed by atoms with Gasteiger partial charge in [0, 0.05) is 55.4 Å². The maximum atomic E-state index is 13.4. The van der Waals surface area contributed by atoms with E-state index in [1.54, 1.807) is 11.3 Å². The summed E-state index contributed by atoms with van der Waals surface area (Å²) in [6.45, 7) is 5.66. The summed E-state index contributed by atoms with van der Waals surface area (Å²) in [4.78, 5) is 22.6. The van der Waals surface area contributed by atoms with Crippen LogP contribution >= 0.6 is 11.3 Å². The second-order valence-electron chi connectivity index (χ2n) is 7.70. The van der Waals surface area contributed by atoms with Gasteiger partial charge in [-0.15, -0.1) is 11.3 Å². The van der Waals surface area contributed by atoms with Crippen LogP contribution in [0.25, 0.3) is 10.1 Å². The van der Waals surface area contributed by atoms with Crippen LogP contribution in [0, 0.1) is 0 Å². The predicted octanol–water partition coefficient (Wildman–Crippen LogP) is 3.34. The Morgan fingerprint density at radius 2 is 1.87 bits per heavy atom. The van der Waals surface area contributed by atoms with Crippen LogP contribution in [0.3, 0.4) is 0 Å². The fourth-order valence-electron chi connectivity index (χ4n) is 4.22. The predicted molar refractivity (Wildman–Crippen MR) is 117 cm³/mol. The molecule has 0 aliphatic carbocycles. The van der Waals surface area contributed by atoms with E-state index in [1.807, 2.05) is 29.4 Å². The fraction of sp³-hybridized carbons (Fsp3) is 0.391. The molecular weight excluding hydrogens is 398 g/mol. The molecule has 4 heterocycles. The molecule has 0 saturated carbocycles. The molecule has 2 saturated heterocycles. The number of nitrogens with zero attached hydrogens (tertiary/aromatic N) is 3. The molecule has 2 fully saturated rings. The van der Waals surface area contributed by atoms with Gasteiger partial charge in [-0.1, -0.05) is 18.2 Å². The van der Waals surface area contributed by atoms with E-state index in [4.69, 9.17) is 9.47 Å². The molecule has 2 aromatic heterocycles. The molecule has 0 spiro atoms. The minimum Gasteiger partial charge on any atom is -0.378 e. The quantitative estimate of drug-likeness (QED) is 0.644. The molecule has 0 bridgehead atoms. The highest BCUT2D eigenvalue weighted by atomic mass is 32.1. The first-order chi connectivity index (χ1) is 14.8. The van der Waals surface area contributed by atoms with Crippen molar-refractivity contribution in [3.63, 3.8) is 0 Å². The number of fused-ring (bicyclic) bond motifs is 1. The van der Waals surface area contributed by atoms with E-state index in [0.717, 1.165) is 40.2 Å². The average molecular weight is 424 g/mol. The summed E-state index contributed by atoms with van der Waals surface area (Å²) < 4.78 is 12.8. The third-order valence-corrected chi connectivity index (χ3v) is 6.93. The largest absolute Gasteiger partial charge is 0.378 e. The van der Waals surface area contributed by atoms with Crippen LogP contribution in [0.1, 0.15) is 26.9 Å². The third-order valence-electron chi connectivity index (χ3n) is 5.75. The lowest BCUT2D eigenvalue weighted by Crippen LogP contribution is -2.41. The molecule has 3 aromatic rings.